The number of nitrogens with one attached hydrogen (secondary N) is 3. The fourth-order valence-corrected chi connectivity index (χ4v) is 4.21. The molecule has 34 heavy (non-hydrogen) atoms. The highest BCUT2D eigenvalue weighted by molar-refractivity contribution is 6.32. The summed E-state index contributed by atoms with van der Waals surface area (Å²) in [6, 6.07) is 10.4. The highest BCUT2D eigenvalue weighted by atomic mass is 19.1. The molecule has 1 aliphatic rings. The van der Waals surface area contributed by atoms with Gasteiger partial charge in [-0.05, 0) is 50.9 Å². The Morgan fingerprint density at radius 3 is 2.88 bits per heavy atom. The van der Waals surface area contributed by atoms with E-state index in [1.165, 1.54) is 37.5 Å². The predicted octanol–water partition coefficient (Wildman–Crippen LogP) is 2.19. The molecule has 1 unspecified atom stereocenters. The number of piperidine rings is 1. The van der Waals surface area contributed by atoms with Gasteiger partial charge in [-0.2, -0.15) is 0 Å². The van der Waals surface area contributed by atoms with E-state index in [0.29, 0.717) is 18.3 Å². The van der Waals surface area contributed by atoms with Gasteiger partial charge in [0.25, 0.3) is 5.91 Å². The molecule has 0 aliphatic carbocycles. The van der Waals surface area contributed by atoms with Gasteiger partial charge in [0.1, 0.15) is 20.2 Å². The van der Waals surface area contributed by atoms with Gasteiger partial charge < -0.3 is 19.7 Å². The van der Waals surface area contributed by atoms with Crippen LogP contribution in [0.15, 0.2) is 36.4 Å². The molecule has 1 aliphatic heterocycles. The lowest BCUT2D eigenvalue weighted by Crippen LogP contribution is -2.42. The number of carbonyl (C=O) groups is 1. The van der Waals surface area contributed by atoms with E-state index in [4.69, 9.17) is 14.9 Å². The van der Waals surface area contributed by atoms with E-state index < -0.39 is 11.7 Å². The van der Waals surface area contributed by atoms with Crippen molar-refractivity contribution in [3.63, 3.8) is 0 Å². The molecule has 0 spiro atoms. The number of halogens is 1. The van der Waals surface area contributed by atoms with Gasteiger partial charge in [-0.3, -0.25) is 15.5 Å². The number of likely N-dealkylation sites (tertiary alicyclic amines) is 1. The lowest BCUT2D eigenvalue weighted by molar-refractivity contribution is 0.0970. The Balaban J connectivity index is 1.55. The third-order valence-corrected chi connectivity index (χ3v) is 6.12. The molecule has 7 nitrogen and oxygen atoms in total. The number of ether oxygens (including phenoxy) is 2. The first kappa shape index (κ1) is 25.6. The molecule has 2 aromatic rings. The molecule has 3 N–H and O–H groups in total. The maximum atomic E-state index is 14.6. The normalized spacial score (nSPS) is 16.0. The van der Waals surface area contributed by atoms with Crippen LogP contribution in [0.2, 0.25) is 0 Å². The van der Waals surface area contributed by atoms with Crippen molar-refractivity contribution in [2.75, 3.05) is 26.7 Å². The summed E-state index contributed by atoms with van der Waals surface area (Å²) in [5.74, 6) is -0.900. The number of benzene rings is 2. The summed E-state index contributed by atoms with van der Waals surface area (Å²) in [6.07, 6.45) is 4.62. The van der Waals surface area contributed by atoms with Crippen LogP contribution in [0.3, 0.4) is 0 Å². The van der Waals surface area contributed by atoms with Crippen molar-refractivity contribution in [2.45, 2.75) is 45.3 Å². The highest BCUT2D eigenvalue weighted by Gasteiger charge is 2.19. The largest absolute Gasteiger partial charge is 0.496 e. The van der Waals surface area contributed by atoms with Gasteiger partial charge in [0.05, 0.1) is 12.7 Å². The first-order chi connectivity index (χ1) is 16.4. The minimum absolute atomic E-state index is 0.0281. The second-order valence-electron chi connectivity index (χ2n) is 8.71. The number of hydrogen-bond acceptors (Lipinski definition) is 5. The van der Waals surface area contributed by atoms with E-state index in [2.05, 4.69) is 22.5 Å². The number of para-hydroxylation sites is 1. The van der Waals surface area contributed by atoms with Gasteiger partial charge in [-0.25, -0.2) is 4.39 Å². The first-order valence-electron chi connectivity index (χ1n) is 11.8. The summed E-state index contributed by atoms with van der Waals surface area (Å²) < 4.78 is 25.6. The number of nitrogens with zero attached hydrogens (tertiary/aromatic N) is 1. The van der Waals surface area contributed by atoms with Gasteiger partial charge in [0, 0.05) is 24.7 Å². The number of amides is 1. The highest BCUT2D eigenvalue weighted by Crippen LogP contribution is 2.25. The maximum absolute atomic E-state index is 14.6. The van der Waals surface area contributed by atoms with Crippen LogP contribution >= 0.6 is 0 Å². The molecule has 1 saturated heterocycles. The zero-order valence-electron chi connectivity index (χ0n) is 20.2. The van der Waals surface area contributed by atoms with Crippen LogP contribution in [-0.2, 0) is 6.61 Å². The second-order valence-corrected chi connectivity index (χ2v) is 8.71. The molecule has 1 heterocycles. The Labute approximate surface area is 201 Å². The molecule has 2 aromatic carbocycles. The Kier molecular flexibility index (Phi) is 9.33. The maximum Gasteiger partial charge on any atom is 0.261 e. The van der Waals surface area contributed by atoms with E-state index in [0.717, 1.165) is 30.5 Å². The molecule has 1 atom stereocenters. The molecule has 0 radical (unpaired) electrons. The summed E-state index contributed by atoms with van der Waals surface area (Å²) in [6.45, 7) is 4.94. The van der Waals surface area contributed by atoms with Crippen molar-refractivity contribution in [2.24, 2.45) is 0 Å². The average Bonchev–Trinajstić information content (AvgIpc) is 2.82. The fraction of sp³-hybridized carbons (Fsp3) is 0.440. The number of methoxy groups -OCH3 is 1. The summed E-state index contributed by atoms with van der Waals surface area (Å²) in [4.78, 5) is 15.2. The molecule has 1 amide bonds. The minimum atomic E-state index is -0.644. The van der Waals surface area contributed by atoms with Gasteiger partial charge in [-0.15, -0.1) is 0 Å². The Morgan fingerprint density at radius 1 is 1.29 bits per heavy atom. The SMILES string of the molecule is Bc1ccc(OC)c(COc2c(F)cccc2C(=O)NC(=N)NCCCN2CCCCC2C)c1. The third-order valence-electron chi connectivity index (χ3n) is 6.12. The van der Waals surface area contributed by atoms with Crippen LogP contribution in [0.25, 0.3) is 0 Å². The van der Waals surface area contributed by atoms with Crippen LogP contribution < -0.4 is 25.6 Å². The number of carbonyl (C=O) groups excluding carboxylic acids is 1. The van der Waals surface area contributed by atoms with Crippen LogP contribution in [-0.4, -0.2) is 57.4 Å². The molecule has 0 aromatic heterocycles. The Bertz CT molecular complexity index is 1000. The molecular formula is C25H34BFN4O3. The van der Waals surface area contributed by atoms with Crippen LogP contribution in [0.4, 0.5) is 4.39 Å². The van der Waals surface area contributed by atoms with E-state index in [-0.39, 0.29) is 23.9 Å². The lowest BCUT2D eigenvalue weighted by atomic mass is 9.94. The monoisotopic (exact) mass is 468 g/mol. The standard InChI is InChI=1S/C25H34BFN4O3/c1-17-7-3-4-13-31(17)14-6-12-29-25(28)30-24(32)20-8-5-9-21(27)23(20)34-16-18-15-19(26)10-11-22(18)33-2/h5,8-11,15,17H,3-4,6-7,12-14,16,26H2,1-2H3,(H3,28,29,30,32). The van der Waals surface area contributed by atoms with E-state index >= 15 is 0 Å². The quantitative estimate of drug-likeness (QED) is 0.227. The smallest absolute Gasteiger partial charge is 0.261 e. The van der Waals surface area contributed by atoms with Crippen molar-refractivity contribution in [3.8, 4) is 11.5 Å². The second kappa shape index (κ2) is 12.4. The summed E-state index contributed by atoms with van der Waals surface area (Å²) >= 11 is 0. The van der Waals surface area contributed by atoms with Gasteiger partial charge in [0.15, 0.2) is 17.5 Å². The van der Waals surface area contributed by atoms with E-state index in [1.54, 1.807) is 7.11 Å². The molecular weight excluding hydrogens is 434 g/mol. The zero-order valence-corrected chi connectivity index (χ0v) is 20.2. The number of guanidine groups is 1. The first-order valence-corrected chi connectivity index (χ1v) is 11.8. The summed E-state index contributed by atoms with van der Waals surface area (Å²) in [5.41, 5.74) is 1.79. The van der Waals surface area contributed by atoms with Crippen molar-refractivity contribution >= 4 is 25.2 Å². The molecule has 0 bridgehead atoms. The van der Waals surface area contributed by atoms with E-state index in [9.17, 15) is 9.18 Å². The average molecular weight is 468 g/mol. The molecule has 9 heteroatoms. The fourth-order valence-electron chi connectivity index (χ4n) is 4.21. The number of rotatable bonds is 9. The zero-order chi connectivity index (χ0) is 24.5. The molecule has 1 fully saturated rings. The third kappa shape index (κ3) is 6.97. The Hall–Kier alpha value is -3.07. The van der Waals surface area contributed by atoms with Gasteiger partial charge >= 0.3 is 0 Å². The molecule has 182 valence electrons. The van der Waals surface area contributed by atoms with Gasteiger partial charge in [0.2, 0.25) is 0 Å². The van der Waals surface area contributed by atoms with E-state index in [1.807, 2.05) is 26.0 Å². The van der Waals surface area contributed by atoms with Crippen LogP contribution in [0.5, 0.6) is 11.5 Å². The topological polar surface area (TPSA) is 86.7 Å². The molecule has 0 saturated carbocycles. The lowest BCUT2D eigenvalue weighted by Gasteiger charge is -2.33. The van der Waals surface area contributed by atoms with Crippen molar-refractivity contribution in [1.82, 2.24) is 15.5 Å². The van der Waals surface area contributed by atoms with Crippen molar-refractivity contribution in [1.29, 1.82) is 5.41 Å². The van der Waals surface area contributed by atoms with Crippen LogP contribution in [0.1, 0.15) is 48.5 Å². The van der Waals surface area contributed by atoms with Crippen molar-refractivity contribution in [3.05, 3.63) is 53.3 Å². The summed E-state index contributed by atoms with van der Waals surface area (Å²) in [5, 5.41) is 13.5. The number of hydrogen-bond donors (Lipinski definition) is 3. The predicted molar refractivity (Wildman–Crippen MR) is 135 cm³/mol. The minimum Gasteiger partial charge on any atom is -0.496 e. The van der Waals surface area contributed by atoms with Gasteiger partial charge in [-0.1, -0.05) is 30.1 Å². The summed E-state index contributed by atoms with van der Waals surface area (Å²) in [7, 11) is 3.50. The van der Waals surface area contributed by atoms with Crippen LogP contribution in [0, 0.1) is 11.2 Å². The van der Waals surface area contributed by atoms with Crippen molar-refractivity contribution < 1.29 is 18.7 Å². The molecule has 3 rings (SSSR count). The Morgan fingerprint density at radius 2 is 2.12 bits per heavy atom.